The molecule has 1 aromatic carbocycles. The Kier molecular flexibility index (Phi) is 3.75. The summed E-state index contributed by atoms with van der Waals surface area (Å²) in [6, 6.07) is 3.35. The molecule has 1 aliphatic rings. The van der Waals surface area contributed by atoms with Gasteiger partial charge in [-0.15, -0.1) is 0 Å². The van der Waals surface area contributed by atoms with Gasteiger partial charge >= 0.3 is 5.97 Å². The van der Waals surface area contributed by atoms with Crippen LogP contribution in [0.3, 0.4) is 0 Å². The molecule has 0 saturated carbocycles. The molecule has 3 N–H and O–H groups in total. The zero-order chi connectivity index (χ0) is 15.7. The van der Waals surface area contributed by atoms with Crippen LogP contribution in [0, 0.1) is 0 Å². The number of carbonyl (C=O) groups excluding carboxylic acids is 3. The minimum atomic E-state index is -1.49. The van der Waals surface area contributed by atoms with Crippen LogP contribution in [-0.4, -0.2) is 39.7 Å². The minimum Gasteiger partial charge on any atom is -0.481 e. The molecule has 0 saturated heterocycles. The summed E-state index contributed by atoms with van der Waals surface area (Å²) in [5.41, 5.74) is 6.22. The Morgan fingerprint density at radius 1 is 1.29 bits per heavy atom. The van der Waals surface area contributed by atoms with E-state index in [9.17, 15) is 19.2 Å². The summed E-state index contributed by atoms with van der Waals surface area (Å²) in [6.45, 7) is 1.83. The van der Waals surface area contributed by atoms with E-state index in [4.69, 9.17) is 10.8 Å². The van der Waals surface area contributed by atoms with Crippen LogP contribution in [0.25, 0.3) is 0 Å². The van der Waals surface area contributed by atoms with Crippen molar-refractivity contribution in [2.45, 2.75) is 25.8 Å². The number of rotatable bonds is 5. The van der Waals surface area contributed by atoms with E-state index in [0.717, 1.165) is 0 Å². The van der Waals surface area contributed by atoms with Crippen molar-refractivity contribution in [2.24, 2.45) is 5.73 Å². The number of amides is 3. The van der Waals surface area contributed by atoms with Gasteiger partial charge in [-0.3, -0.25) is 24.1 Å². The fraction of sp³-hybridized carbons (Fsp3) is 0.286. The summed E-state index contributed by atoms with van der Waals surface area (Å²) in [4.78, 5) is 47.6. The summed E-state index contributed by atoms with van der Waals surface area (Å²) >= 11 is 0. The number of nitrogens with zero attached hydrogens (tertiary/aromatic N) is 1. The highest BCUT2D eigenvalue weighted by molar-refractivity contribution is 6.23. The van der Waals surface area contributed by atoms with E-state index in [2.05, 4.69) is 0 Å². The van der Waals surface area contributed by atoms with Gasteiger partial charge in [0.15, 0.2) is 0 Å². The molecule has 7 heteroatoms. The van der Waals surface area contributed by atoms with Crippen molar-refractivity contribution in [3.8, 4) is 0 Å². The normalized spacial score (nSPS) is 15.0. The molecule has 1 heterocycles. The molecule has 0 spiro atoms. The molecule has 0 fully saturated rings. The maximum atomic E-state index is 12.4. The summed E-state index contributed by atoms with van der Waals surface area (Å²) < 4.78 is 0. The zero-order valence-electron chi connectivity index (χ0n) is 11.3. The van der Waals surface area contributed by atoms with Gasteiger partial charge in [-0.1, -0.05) is 19.1 Å². The Morgan fingerprint density at radius 2 is 1.95 bits per heavy atom. The van der Waals surface area contributed by atoms with Crippen LogP contribution in [-0.2, 0) is 16.0 Å². The lowest BCUT2D eigenvalue weighted by Gasteiger charge is -2.21. The topological polar surface area (TPSA) is 118 Å². The number of carboxylic acids is 1. The maximum absolute atomic E-state index is 12.4. The third-order valence-electron chi connectivity index (χ3n) is 3.42. The van der Waals surface area contributed by atoms with Crippen LogP contribution in [0.5, 0.6) is 0 Å². The van der Waals surface area contributed by atoms with Crippen molar-refractivity contribution in [1.82, 2.24) is 4.90 Å². The van der Waals surface area contributed by atoms with E-state index in [-0.39, 0.29) is 11.1 Å². The lowest BCUT2D eigenvalue weighted by molar-refractivity contribution is -0.140. The molecule has 1 aliphatic heterocycles. The molecule has 7 nitrogen and oxygen atoms in total. The van der Waals surface area contributed by atoms with Crippen LogP contribution in [0.2, 0.25) is 0 Å². The van der Waals surface area contributed by atoms with Crippen LogP contribution in [0.4, 0.5) is 0 Å². The number of fused-ring (bicyclic) bond motifs is 1. The molecule has 1 aromatic rings. The molecule has 1 unspecified atom stereocenters. The Hall–Kier alpha value is -2.70. The highest BCUT2D eigenvalue weighted by Crippen LogP contribution is 2.28. The molecule has 2 rings (SSSR count). The standard InChI is InChI=1S/C14H14N2O5/c1-2-7-4-3-5-8-11(7)14(21)16(13(8)20)9(12(15)19)6-10(17)18/h3-5,9H,2,6H2,1H3,(H2,15,19)(H,17,18). The first kappa shape index (κ1) is 14.7. The number of hydrogen-bond acceptors (Lipinski definition) is 4. The zero-order valence-corrected chi connectivity index (χ0v) is 11.3. The number of primary amides is 1. The van der Waals surface area contributed by atoms with Crippen LogP contribution >= 0.6 is 0 Å². The smallest absolute Gasteiger partial charge is 0.306 e. The van der Waals surface area contributed by atoms with Crippen molar-refractivity contribution in [3.05, 3.63) is 34.9 Å². The van der Waals surface area contributed by atoms with Crippen LogP contribution < -0.4 is 5.73 Å². The lowest BCUT2D eigenvalue weighted by Crippen LogP contribution is -2.48. The summed E-state index contributed by atoms with van der Waals surface area (Å²) in [5.74, 6) is -3.69. The molecule has 0 aromatic heterocycles. The van der Waals surface area contributed by atoms with E-state index in [0.29, 0.717) is 16.9 Å². The van der Waals surface area contributed by atoms with Gasteiger partial charge in [0.2, 0.25) is 5.91 Å². The van der Waals surface area contributed by atoms with Gasteiger partial charge in [-0.05, 0) is 18.1 Å². The third kappa shape index (κ3) is 2.37. The van der Waals surface area contributed by atoms with E-state index in [1.165, 1.54) is 6.07 Å². The molecular weight excluding hydrogens is 276 g/mol. The second-order valence-corrected chi connectivity index (χ2v) is 4.69. The Labute approximate surface area is 120 Å². The van der Waals surface area contributed by atoms with E-state index in [1.54, 1.807) is 12.1 Å². The molecule has 110 valence electrons. The molecule has 0 aliphatic carbocycles. The third-order valence-corrected chi connectivity index (χ3v) is 3.42. The van der Waals surface area contributed by atoms with Crippen LogP contribution in [0.1, 0.15) is 39.6 Å². The van der Waals surface area contributed by atoms with Crippen molar-refractivity contribution in [2.75, 3.05) is 0 Å². The van der Waals surface area contributed by atoms with Crippen molar-refractivity contribution in [3.63, 3.8) is 0 Å². The predicted molar refractivity (Wildman–Crippen MR) is 71.6 cm³/mol. The lowest BCUT2D eigenvalue weighted by atomic mass is 10.0. The fourth-order valence-electron chi connectivity index (χ4n) is 2.44. The van der Waals surface area contributed by atoms with Gasteiger partial charge < -0.3 is 10.8 Å². The number of carbonyl (C=O) groups is 4. The fourth-order valence-corrected chi connectivity index (χ4v) is 2.44. The average Bonchev–Trinajstić information content (AvgIpc) is 2.68. The quantitative estimate of drug-likeness (QED) is 0.750. The highest BCUT2D eigenvalue weighted by atomic mass is 16.4. The van der Waals surface area contributed by atoms with E-state index >= 15 is 0 Å². The number of hydrogen-bond donors (Lipinski definition) is 2. The monoisotopic (exact) mass is 290 g/mol. The van der Waals surface area contributed by atoms with Crippen molar-refractivity contribution in [1.29, 1.82) is 0 Å². The maximum Gasteiger partial charge on any atom is 0.306 e. The van der Waals surface area contributed by atoms with Gasteiger partial charge in [0.25, 0.3) is 11.8 Å². The molecule has 1 atom stereocenters. The van der Waals surface area contributed by atoms with Gasteiger partial charge in [0.1, 0.15) is 6.04 Å². The molecule has 0 radical (unpaired) electrons. The summed E-state index contributed by atoms with van der Waals surface area (Å²) in [7, 11) is 0. The second kappa shape index (κ2) is 5.35. The summed E-state index contributed by atoms with van der Waals surface area (Å²) in [6.07, 6.45) is -0.168. The number of aryl methyl sites for hydroxylation is 1. The number of imide groups is 1. The van der Waals surface area contributed by atoms with E-state index in [1.807, 2.05) is 6.92 Å². The number of benzene rings is 1. The Bertz CT molecular complexity index is 653. The van der Waals surface area contributed by atoms with Gasteiger partial charge in [0, 0.05) is 0 Å². The van der Waals surface area contributed by atoms with Crippen molar-refractivity contribution < 1.29 is 24.3 Å². The van der Waals surface area contributed by atoms with Gasteiger partial charge in [0.05, 0.1) is 17.5 Å². The summed E-state index contributed by atoms with van der Waals surface area (Å²) in [5, 5.41) is 8.83. The Balaban J connectivity index is 2.49. The second-order valence-electron chi connectivity index (χ2n) is 4.69. The highest BCUT2D eigenvalue weighted by Gasteiger charge is 2.43. The van der Waals surface area contributed by atoms with Gasteiger partial charge in [-0.25, -0.2) is 0 Å². The molecule has 0 bridgehead atoms. The van der Waals surface area contributed by atoms with E-state index < -0.39 is 36.2 Å². The molecule has 21 heavy (non-hydrogen) atoms. The first-order valence-corrected chi connectivity index (χ1v) is 6.39. The SMILES string of the molecule is CCc1cccc2c1C(=O)N(C(CC(=O)O)C(N)=O)C2=O. The number of nitrogens with two attached hydrogens (primary N) is 1. The van der Waals surface area contributed by atoms with Crippen molar-refractivity contribution >= 4 is 23.7 Å². The minimum absolute atomic E-state index is 0.177. The first-order chi connectivity index (χ1) is 9.88. The van der Waals surface area contributed by atoms with Gasteiger partial charge in [-0.2, -0.15) is 0 Å². The first-order valence-electron chi connectivity index (χ1n) is 6.39. The van der Waals surface area contributed by atoms with Crippen LogP contribution in [0.15, 0.2) is 18.2 Å². The molecular formula is C14H14N2O5. The number of aliphatic carboxylic acids is 1. The molecule has 3 amide bonds. The number of carboxylic acid groups (broad SMARTS) is 1. The Morgan fingerprint density at radius 3 is 2.48 bits per heavy atom. The predicted octanol–water partition coefficient (Wildman–Crippen LogP) is 0.174. The average molecular weight is 290 g/mol. The largest absolute Gasteiger partial charge is 0.481 e.